The highest BCUT2D eigenvalue weighted by Gasteiger charge is 2.14. The second-order valence-electron chi connectivity index (χ2n) is 4.55. The van der Waals surface area contributed by atoms with Gasteiger partial charge in [0.15, 0.2) is 0 Å². The van der Waals surface area contributed by atoms with Gasteiger partial charge in [-0.05, 0) is 42.8 Å². The molecule has 0 aliphatic heterocycles. The monoisotopic (exact) mass is 321 g/mol. The molecule has 114 valence electrons. The number of amides is 1. The summed E-state index contributed by atoms with van der Waals surface area (Å²) in [5.74, 6) is -2.30. The van der Waals surface area contributed by atoms with Crippen molar-refractivity contribution < 1.29 is 19.1 Å². The Bertz CT molecular complexity index is 746. The Morgan fingerprint density at radius 2 is 1.95 bits per heavy atom. The van der Waals surface area contributed by atoms with E-state index in [0.29, 0.717) is 22.7 Å². The number of carboxylic acids is 1. The third kappa shape index (κ3) is 3.26. The summed E-state index contributed by atoms with van der Waals surface area (Å²) in [6, 6.07) is 8.21. The van der Waals surface area contributed by atoms with Crippen LogP contribution in [0, 0.1) is 5.82 Å². The van der Waals surface area contributed by atoms with Crippen LogP contribution in [0.1, 0.15) is 27.6 Å². The van der Waals surface area contributed by atoms with Crippen LogP contribution in [0.3, 0.4) is 0 Å². The van der Waals surface area contributed by atoms with Crippen LogP contribution in [-0.2, 0) is 0 Å². The number of carbonyl (C=O) groups excluding carboxylic acids is 1. The minimum absolute atomic E-state index is 0.0487. The molecule has 0 radical (unpaired) electrons. The molecule has 4 nitrogen and oxygen atoms in total. The molecule has 0 atom stereocenters. The minimum Gasteiger partial charge on any atom is -0.478 e. The Hall–Kier alpha value is -2.40. The van der Waals surface area contributed by atoms with Crippen LogP contribution in [0.2, 0.25) is 5.02 Å². The zero-order valence-electron chi connectivity index (χ0n) is 11.7. The molecule has 0 aromatic heterocycles. The Labute approximate surface area is 131 Å². The van der Waals surface area contributed by atoms with Crippen LogP contribution < -0.4 is 5.32 Å². The van der Waals surface area contributed by atoms with Crippen LogP contribution in [0.5, 0.6) is 0 Å². The molecule has 0 heterocycles. The summed E-state index contributed by atoms with van der Waals surface area (Å²) in [6.07, 6.45) is 0. The lowest BCUT2D eigenvalue weighted by Crippen LogP contribution is -2.23. The first-order valence-electron chi connectivity index (χ1n) is 6.55. The summed E-state index contributed by atoms with van der Waals surface area (Å²) in [5, 5.41) is 11.8. The third-order valence-electron chi connectivity index (χ3n) is 3.08. The molecule has 0 saturated carbocycles. The van der Waals surface area contributed by atoms with Crippen molar-refractivity contribution in [3.63, 3.8) is 0 Å². The molecule has 2 rings (SSSR count). The van der Waals surface area contributed by atoms with Gasteiger partial charge in [0.1, 0.15) is 5.82 Å². The molecule has 1 amide bonds. The first kappa shape index (κ1) is 16.0. The highest BCUT2D eigenvalue weighted by atomic mass is 35.5. The first-order chi connectivity index (χ1) is 10.4. The van der Waals surface area contributed by atoms with Crippen molar-refractivity contribution in [1.29, 1.82) is 0 Å². The molecule has 0 saturated heterocycles. The summed E-state index contributed by atoms with van der Waals surface area (Å²) in [5.41, 5.74) is 0.769. The SMILES string of the molecule is CCNC(=O)c1ccc(-c2cc(C(=O)O)ccc2Cl)cc1F. The normalized spacial score (nSPS) is 10.3. The fourth-order valence-electron chi connectivity index (χ4n) is 2.00. The van der Waals surface area contributed by atoms with E-state index in [4.69, 9.17) is 16.7 Å². The molecular formula is C16H13ClFNO3. The van der Waals surface area contributed by atoms with Gasteiger partial charge in [-0.25, -0.2) is 9.18 Å². The second kappa shape index (κ2) is 6.58. The Morgan fingerprint density at radius 3 is 2.55 bits per heavy atom. The quantitative estimate of drug-likeness (QED) is 0.904. The number of carbonyl (C=O) groups is 2. The van der Waals surface area contributed by atoms with Gasteiger partial charge in [0, 0.05) is 17.1 Å². The molecule has 2 aromatic rings. The Balaban J connectivity index is 2.46. The molecule has 22 heavy (non-hydrogen) atoms. The zero-order valence-corrected chi connectivity index (χ0v) is 12.4. The van der Waals surface area contributed by atoms with E-state index in [2.05, 4.69) is 5.32 Å². The van der Waals surface area contributed by atoms with Crippen LogP contribution in [0.4, 0.5) is 4.39 Å². The lowest BCUT2D eigenvalue weighted by atomic mass is 10.0. The van der Waals surface area contributed by atoms with Gasteiger partial charge in [0.25, 0.3) is 5.91 Å². The van der Waals surface area contributed by atoms with Gasteiger partial charge in [-0.1, -0.05) is 17.7 Å². The van der Waals surface area contributed by atoms with E-state index in [0.717, 1.165) is 6.07 Å². The van der Waals surface area contributed by atoms with Crippen molar-refractivity contribution in [2.45, 2.75) is 6.92 Å². The van der Waals surface area contributed by atoms with Crippen molar-refractivity contribution in [2.75, 3.05) is 6.54 Å². The van der Waals surface area contributed by atoms with Gasteiger partial charge in [0.2, 0.25) is 0 Å². The van der Waals surface area contributed by atoms with Gasteiger partial charge in [-0.3, -0.25) is 4.79 Å². The standard InChI is InChI=1S/C16H13ClFNO3/c1-2-19-15(20)11-5-3-9(8-14(11)18)12-7-10(16(21)22)4-6-13(12)17/h3-8H,2H2,1H3,(H,19,20)(H,21,22). The number of nitrogens with one attached hydrogen (secondary N) is 1. The van der Waals surface area contributed by atoms with Crippen molar-refractivity contribution in [1.82, 2.24) is 5.32 Å². The fourth-order valence-corrected chi connectivity index (χ4v) is 2.23. The van der Waals surface area contributed by atoms with E-state index in [1.807, 2.05) is 0 Å². The summed E-state index contributed by atoms with van der Waals surface area (Å²) < 4.78 is 14.1. The first-order valence-corrected chi connectivity index (χ1v) is 6.92. The molecular weight excluding hydrogens is 309 g/mol. The number of hydrogen-bond donors (Lipinski definition) is 2. The highest BCUT2D eigenvalue weighted by molar-refractivity contribution is 6.33. The van der Waals surface area contributed by atoms with E-state index < -0.39 is 17.7 Å². The van der Waals surface area contributed by atoms with Gasteiger partial charge in [0.05, 0.1) is 11.1 Å². The lowest BCUT2D eigenvalue weighted by Gasteiger charge is -2.09. The van der Waals surface area contributed by atoms with Crippen LogP contribution in [-0.4, -0.2) is 23.5 Å². The zero-order chi connectivity index (χ0) is 16.3. The maximum Gasteiger partial charge on any atom is 0.335 e. The Morgan fingerprint density at radius 1 is 1.23 bits per heavy atom. The highest BCUT2D eigenvalue weighted by Crippen LogP contribution is 2.30. The van der Waals surface area contributed by atoms with Gasteiger partial charge >= 0.3 is 5.97 Å². The van der Waals surface area contributed by atoms with E-state index in [-0.39, 0.29) is 11.1 Å². The fraction of sp³-hybridized carbons (Fsp3) is 0.125. The van der Waals surface area contributed by atoms with Crippen LogP contribution >= 0.6 is 11.6 Å². The molecule has 6 heteroatoms. The molecule has 2 aromatic carbocycles. The summed E-state index contributed by atoms with van der Waals surface area (Å²) >= 11 is 6.05. The smallest absolute Gasteiger partial charge is 0.335 e. The van der Waals surface area contributed by atoms with E-state index in [9.17, 15) is 14.0 Å². The summed E-state index contributed by atoms with van der Waals surface area (Å²) in [4.78, 5) is 22.7. The molecule has 0 aliphatic rings. The summed E-state index contributed by atoms with van der Waals surface area (Å²) in [6.45, 7) is 2.13. The number of halogens is 2. The molecule has 0 aliphatic carbocycles. The van der Waals surface area contributed by atoms with Crippen LogP contribution in [0.25, 0.3) is 11.1 Å². The number of carboxylic acid groups (broad SMARTS) is 1. The predicted octanol–water partition coefficient (Wildman–Crippen LogP) is 3.59. The lowest BCUT2D eigenvalue weighted by molar-refractivity contribution is 0.0696. The van der Waals surface area contributed by atoms with Crippen molar-refractivity contribution in [3.8, 4) is 11.1 Å². The number of aromatic carboxylic acids is 1. The van der Waals surface area contributed by atoms with Crippen molar-refractivity contribution in [2.24, 2.45) is 0 Å². The molecule has 0 spiro atoms. The maximum absolute atomic E-state index is 14.1. The minimum atomic E-state index is -1.10. The topological polar surface area (TPSA) is 66.4 Å². The van der Waals surface area contributed by atoms with Gasteiger partial charge < -0.3 is 10.4 Å². The number of benzene rings is 2. The molecule has 0 unspecified atom stereocenters. The molecule has 2 N–H and O–H groups in total. The second-order valence-corrected chi connectivity index (χ2v) is 4.96. The molecule has 0 bridgehead atoms. The van der Waals surface area contributed by atoms with Crippen LogP contribution in [0.15, 0.2) is 36.4 Å². The van der Waals surface area contributed by atoms with Gasteiger partial charge in [-0.2, -0.15) is 0 Å². The van der Waals surface area contributed by atoms with E-state index in [1.165, 1.54) is 30.3 Å². The Kier molecular flexibility index (Phi) is 4.78. The number of hydrogen-bond acceptors (Lipinski definition) is 2. The van der Waals surface area contributed by atoms with Gasteiger partial charge in [-0.15, -0.1) is 0 Å². The number of rotatable bonds is 4. The summed E-state index contributed by atoms with van der Waals surface area (Å²) in [7, 11) is 0. The average Bonchev–Trinajstić information content (AvgIpc) is 2.47. The molecule has 0 fully saturated rings. The third-order valence-corrected chi connectivity index (χ3v) is 3.40. The largest absolute Gasteiger partial charge is 0.478 e. The van der Waals surface area contributed by atoms with Crippen molar-refractivity contribution in [3.05, 3.63) is 58.4 Å². The average molecular weight is 322 g/mol. The predicted molar refractivity (Wildman–Crippen MR) is 81.8 cm³/mol. The maximum atomic E-state index is 14.1. The van der Waals surface area contributed by atoms with E-state index in [1.54, 1.807) is 6.92 Å². The van der Waals surface area contributed by atoms with E-state index >= 15 is 0 Å². The van der Waals surface area contributed by atoms with Crippen molar-refractivity contribution >= 4 is 23.5 Å².